The highest BCUT2D eigenvalue weighted by molar-refractivity contribution is 6.30. The van der Waals surface area contributed by atoms with E-state index in [-0.39, 0.29) is 6.04 Å². The summed E-state index contributed by atoms with van der Waals surface area (Å²) in [6.07, 6.45) is 1.85. The zero-order chi connectivity index (χ0) is 14.8. The zero-order valence-electron chi connectivity index (χ0n) is 12.3. The zero-order valence-corrected chi connectivity index (χ0v) is 13.1. The summed E-state index contributed by atoms with van der Waals surface area (Å²) < 4.78 is 0. The predicted octanol–water partition coefficient (Wildman–Crippen LogP) is 4.14. The van der Waals surface area contributed by atoms with E-state index in [1.54, 1.807) is 0 Å². The Balaban J connectivity index is 1.89. The van der Waals surface area contributed by atoms with E-state index in [9.17, 15) is 0 Å². The smallest absolute Gasteiger partial charge is 0.0436 e. The van der Waals surface area contributed by atoms with Gasteiger partial charge in [-0.3, -0.25) is 0 Å². The van der Waals surface area contributed by atoms with Gasteiger partial charge in [0.2, 0.25) is 0 Å². The fraction of sp³-hybridized carbons (Fsp3) is 0.333. The van der Waals surface area contributed by atoms with E-state index in [1.807, 2.05) is 6.07 Å². The maximum Gasteiger partial charge on any atom is 0.0436 e. The van der Waals surface area contributed by atoms with Crippen molar-refractivity contribution >= 4 is 17.3 Å². The number of nitrogens with zero attached hydrogens (tertiary/aromatic N) is 1. The summed E-state index contributed by atoms with van der Waals surface area (Å²) in [6, 6.07) is 15.0. The van der Waals surface area contributed by atoms with E-state index in [0.717, 1.165) is 31.0 Å². The van der Waals surface area contributed by atoms with Gasteiger partial charge in [-0.25, -0.2) is 0 Å². The average molecular weight is 301 g/mol. The lowest BCUT2D eigenvalue weighted by molar-refractivity contribution is 0.644. The van der Waals surface area contributed by atoms with Gasteiger partial charge in [0, 0.05) is 29.8 Å². The first-order valence-corrected chi connectivity index (χ1v) is 7.91. The van der Waals surface area contributed by atoms with E-state index in [4.69, 9.17) is 17.3 Å². The number of halogens is 1. The Labute approximate surface area is 131 Å². The van der Waals surface area contributed by atoms with E-state index in [1.165, 1.54) is 22.4 Å². The molecule has 0 aromatic heterocycles. The summed E-state index contributed by atoms with van der Waals surface area (Å²) >= 11 is 6.18. The molecule has 3 heteroatoms. The molecule has 1 aliphatic rings. The van der Waals surface area contributed by atoms with Gasteiger partial charge in [-0.15, -0.1) is 0 Å². The topological polar surface area (TPSA) is 29.3 Å². The lowest BCUT2D eigenvalue weighted by Crippen LogP contribution is -2.24. The summed E-state index contributed by atoms with van der Waals surface area (Å²) in [4.78, 5) is 2.42. The van der Waals surface area contributed by atoms with Gasteiger partial charge in [0.1, 0.15) is 0 Å². The number of rotatable bonds is 4. The minimum atomic E-state index is 0.187. The largest absolute Gasteiger partial charge is 0.363 e. The van der Waals surface area contributed by atoms with Crippen molar-refractivity contribution in [3.05, 3.63) is 64.2 Å². The summed E-state index contributed by atoms with van der Waals surface area (Å²) in [5.74, 6) is 0. The maximum atomic E-state index is 6.18. The van der Waals surface area contributed by atoms with Gasteiger partial charge in [0.15, 0.2) is 0 Å². The van der Waals surface area contributed by atoms with Gasteiger partial charge in [0.25, 0.3) is 0 Å². The Bertz CT molecular complexity index is 614. The minimum Gasteiger partial charge on any atom is -0.363 e. The number of anilines is 1. The molecule has 0 aliphatic carbocycles. The van der Waals surface area contributed by atoms with Crippen molar-refractivity contribution < 1.29 is 0 Å². The van der Waals surface area contributed by atoms with Crippen molar-refractivity contribution in [1.82, 2.24) is 0 Å². The normalized spacial score (nSPS) is 15.1. The Morgan fingerprint density at radius 1 is 1.14 bits per heavy atom. The molecule has 2 aromatic rings. The Morgan fingerprint density at radius 3 is 2.43 bits per heavy atom. The van der Waals surface area contributed by atoms with E-state index >= 15 is 0 Å². The van der Waals surface area contributed by atoms with Crippen LogP contribution >= 0.6 is 11.6 Å². The molecule has 2 aromatic carbocycles. The molecular weight excluding hydrogens is 280 g/mol. The Kier molecular flexibility index (Phi) is 4.18. The first-order chi connectivity index (χ1) is 10.2. The minimum absolute atomic E-state index is 0.187. The van der Waals surface area contributed by atoms with Crippen molar-refractivity contribution in [2.75, 3.05) is 4.90 Å². The van der Waals surface area contributed by atoms with Crippen LogP contribution in [-0.2, 0) is 19.5 Å². The Morgan fingerprint density at radius 2 is 1.81 bits per heavy atom. The third-order valence-corrected chi connectivity index (χ3v) is 4.46. The van der Waals surface area contributed by atoms with Crippen LogP contribution < -0.4 is 10.6 Å². The molecule has 0 saturated heterocycles. The van der Waals surface area contributed by atoms with Gasteiger partial charge in [-0.1, -0.05) is 42.8 Å². The lowest BCUT2D eigenvalue weighted by atomic mass is 10.0. The van der Waals surface area contributed by atoms with Crippen molar-refractivity contribution in [1.29, 1.82) is 0 Å². The first kappa shape index (κ1) is 14.4. The number of fused-ring (bicyclic) bond motifs is 1. The number of hydrogen-bond donors (Lipinski definition) is 1. The monoisotopic (exact) mass is 300 g/mol. The van der Waals surface area contributed by atoms with Crippen LogP contribution in [0.2, 0.25) is 5.02 Å². The van der Waals surface area contributed by atoms with Crippen molar-refractivity contribution in [2.45, 2.75) is 38.9 Å². The number of benzene rings is 2. The Hall–Kier alpha value is -1.51. The van der Waals surface area contributed by atoms with Gasteiger partial charge in [-0.05, 0) is 47.7 Å². The summed E-state index contributed by atoms with van der Waals surface area (Å²) in [5, 5.41) is 0.786. The molecule has 0 bridgehead atoms. The van der Waals surface area contributed by atoms with Crippen LogP contribution in [-0.4, -0.2) is 6.04 Å². The van der Waals surface area contributed by atoms with Crippen molar-refractivity contribution in [3.8, 4) is 0 Å². The molecule has 1 atom stereocenters. The van der Waals surface area contributed by atoms with E-state index in [2.05, 4.69) is 48.2 Å². The second-order valence-corrected chi connectivity index (χ2v) is 6.21. The molecule has 0 amide bonds. The SMILES string of the molecule is CCC(N)Cc1cc(Cl)ccc1N1Cc2ccccc2C1. The van der Waals surface area contributed by atoms with Gasteiger partial charge < -0.3 is 10.6 Å². The third kappa shape index (κ3) is 3.07. The third-order valence-electron chi connectivity index (χ3n) is 4.23. The molecule has 0 radical (unpaired) electrons. The standard InChI is InChI=1S/C18H21ClN2/c1-2-17(20)10-15-9-16(19)7-8-18(15)21-11-13-5-3-4-6-14(13)12-21/h3-9,17H,2,10-12,20H2,1H3. The van der Waals surface area contributed by atoms with Crippen molar-refractivity contribution in [3.63, 3.8) is 0 Å². The van der Waals surface area contributed by atoms with Crippen LogP contribution in [0.15, 0.2) is 42.5 Å². The van der Waals surface area contributed by atoms with E-state index in [0.29, 0.717) is 0 Å². The van der Waals surface area contributed by atoms with Gasteiger partial charge in [0.05, 0.1) is 0 Å². The molecule has 0 spiro atoms. The lowest BCUT2D eigenvalue weighted by Gasteiger charge is -2.23. The van der Waals surface area contributed by atoms with Crippen LogP contribution in [0.3, 0.4) is 0 Å². The summed E-state index contributed by atoms with van der Waals surface area (Å²) in [6.45, 7) is 4.05. The molecule has 2 nitrogen and oxygen atoms in total. The van der Waals surface area contributed by atoms with Crippen LogP contribution in [0.5, 0.6) is 0 Å². The molecule has 1 heterocycles. The highest BCUT2D eigenvalue weighted by atomic mass is 35.5. The molecule has 0 fully saturated rings. The fourth-order valence-corrected chi connectivity index (χ4v) is 3.15. The fourth-order valence-electron chi connectivity index (χ4n) is 2.96. The van der Waals surface area contributed by atoms with E-state index < -0.39 is 0 Å². The molecule has 21 heavy (non-hydrogen) atoms. The predicted molar refractivity (Wildman–Crippen MR) is 89.8 cm³/mol. The van der Waals surface area contributed by atoms with Crippen LogP contribution in [0, 0.1) is 0 Å². The van der Waals surface area contributed by atoms with Crippen LogP contribution in [0.25, 0.3) is 0 Å². The molecule has 1 unspecified atom stereocenters. The molecule has 0 saturated carbocycles. The van der Waals surface area contributed by atoms with Gasteiger partial charge >= 0.3 is 0 Å². The average Bonchev–Trinajstić information content (AvgIpc) is 2.90. The molecule has 110 valence electrons. The highest BCUT2D eigenvalue weighted by Crippen LogP contribution is 2.32. The number of hydrogen-bond acceptors (Lipinski definition) is 2. The van der Waals surface area contributed by atoms with Crippen molar-refractivity contribution in [2.24, 2.45) is 5.73 Å². The quantitative estimate of drug-likeness (QED) is 0.919. The number of nitrogens with two attached hydrogens (primary N) is 1. The first-order valence-electron chi connectivity index (χ1n) is 7.53. The summed E-state index contributed by atoms with van der Waals surface area (Å²) in [7, 11) is 0. The second-order valence-electron chi connectivity index (χ2n) is 5.77. The van der Waals surface area contributed by atoms with Gasteiger partial charge in [-0.2, -0.15) is 0 Å². The van der Waals surface area contributed by atoms with Crippen LogP contribution in [0.1, 0.15) is 30.0 Å². The maximum absolute atomic E-state index is 6.18. The second kappa shape index (κ2) is 6.08. The highest BCUT2D eigenvalue weighted by Gasteiger charge is 2.21. The molecule has 2 N–H and O–H groups in total. The molecule has 3 rings (SSSR count). The van der Waals surface area contributed by atoms with Crippen LogP contribution in [0.4, 0.5) is 5.69 Å². The molecular formula is C18H21ClN2. The summed E-state index contributed by atoms with van der Waals surface area (Å²) in [5.41, 5.74) is 11.5. The molecule has 1 aliphatic heterocycles.